The molecule has 0 spiro atoms. The molecule has 0 aliphatic carbocycles. The second-order valence-corrected chi connectivity index (χ2v) is 8.82. The second kappa shape index (κ2) is 9.31. The van der Waals surface area contributed by atoms with E-state index in [1.165, 1.54) is 0 Å². The number of piperazine rings is 1. The maximum atomic E-state index is 11.6. The first-order valence-electron chi connectivity index (χ1n) is 9.46. The molecule has 2 aromatic rings. The number of hydrogen-bond acceptors (Lipinski definition) is 7. The second-order valence-electron chi connectivity index (χ2n) is 6.91. The van der Waals surface area contributed by atoms with Crippen LogP contribution in [0.4, 0.5) is 11.4 Å². The molecular formula is C20H19Cl2N5O2S. The summed E-state index contributed by atoms with van der Waals surface area (Å²) in [4.78, 5) is 20.5. The van der Waals surface area contributed by atoms with Crippen LogP contribution in [0.5, 0.6) is 5.75 Å². The van der Waals surface area contributed by atoms with Crippen LogP contribution in [0.1, 0.15) is 5.56 Å². The highest BCUT2D eigenvalue weighted by atomic mass is 35.5. The van der Waals surface area contributed by atoms with Crippen LogP contribution in [0.3, 0.4) is 0 Å². The largest absolute Gasteiger partial charge is 0.479 e. The van der Waals surface area contributed by atoms with Gasteiger partial charge in [-0.15, -0.1) is 11.8 Å². The predicted molar refractivity (Wildman–Crippen MR) is 119 cm³/mol. The Morgan fingerprint density at radius 1 is 1.23 bits per heavy atom. The highest BCUT2D eigenvalue weighted by Crippen LogP contribution is 2.41. The van der Waals surface area contributed by atoms with Crippen molar-refractivity contribution in [3.8, 4) is 11.8 Å². The van der Waals surface area contributed by atoms with E-state index in [1.54, 1.807) is 30.0 Å². The van der Waals surface area contributed by atoms with Gasteiger partial charge in [-0.2, -0.15) is 5.26 Å². The zero-order valence-corrected chi connectivity index (χ0v) is 18.4. The molecule has 0 saturated carbocycles. The zero-order chi connectivity index (χ0) is 21.1. The molecule has 1 saturated heterocycles. The van der Waals surface area contributed by atoms with Crippen LogP contribution in [-0.2, 0) is 4.79 Å². The van der Waals surface area contributed by atoms with E-state index in [-0.39, 0.29) is 12.5 Å². The van der Waals surface area contributed by atoms with Gasteiger partial charge in [0.25, 0.3) is 5.91 Å². The lowest BCUT2D eigenvalue weighted by molar-refractivity contribution is -0.118. The fourth-order valence-electron chi connectivity index (χ4n) is 3.48. The molecule has 1 N–H and O–H groups in total. The summed E-state index contributed by atoms with van der Waals surface area (Å²) in [7, 11) is 0. The minimum Gasteiger partial charge on any atom is -0.479 e. The summed E-state index contributed by atoms with van der Waals surface area (Å²) in [6, 6.07) is 9.09. The van der Waals surface area contributed by atoms with Crippen LogP contribution in [0.25, 0.3) is 0 Å². The average molecular weight is 464 g/mol. The van der Waals surface area contributed by atoms with E-state index in [0.717, 1.165) is 44.2 Å². The third-order valence-corrected chi connectivity index (χ3v) is 6.36. The number of aromatic nitrogens is 1. The number of benzene rings is 1. The van der Waals surface area contributed by atoms with Crippen LogP contribution in [0.15, 0.2) is 29.3 Å². The number of nitrogens with one attached hydrogen (secondary N) is 1. The molecule has 4 rings (SSSR count). The van der Waals surface area contributed by atoms with Gasteiger partial charge in [0.2, 0.25) is 0 Å². The first-order chi connectivity index (χ1) is 14.5. The number of amides is 1. The highest BCUT2D eigenvalue weighted by molar-refractivity contribution is 7.99. The number of nitriles is 1. The van der Waals surface area contributed by atoms with Gasteiger partial charge in [0.05, 0.1) is 16.9 Å². The van der Waals surface area contributed by atoms with Crippen molar-refractivity contribution >= 4 is 52.2 Å². The number of hydrogen-bond donors (Lipinski definition) is 1. The molecule has 2 aliphatic heterocycles. The van der Waals surface area contributed by atoms with Crippen LogP contribution < -0.4 is 15.0 Å². The zero-order valence-electron chi connectivity index (χ0n) is 16.0. The van der Waals surface area contributed by atoms with Gasteiger partial charge in [-0.3, -0.25) is 9.69 Å². The van der Waals surface area contributed by atoms with E-state index in [0.29, 0.717) is 32.2 Å². The monoisotopic (exact) mass is 463 g/mol. The fourth-order valence-corrected chi connectivity index (χ4v) is 4.86. The first-order valence-corrected chi connectivity index (χ1v) is 11.2. The summed E-state index contributed by atoms with van der Waals surface area (Å²) < 4.78 is 5.67. The number of fused-ring (bicyclic) bond motifs is 1. The lowest BCUT2D eigenvalue weighted by Crippen LogP contribution is -2.47. The summed E-state index contributed by atoms with van der Waals surface area (Å²) in [5.41, 5.74) is 2.08. The summed E-state index contributed by atoms with van der Waals surface area (Å²) in [6.45, 7) is 4.34. The molecule has 7 nitrogen and oxygen atoms in total. The molecule has 1 amide bonds. The van der Waals surface area contributed by atoms with Crippen molar-refractivity contribution < 1.29 is 9.53 Å². The topological polar surface area (TPSA) is 81.5 Å². The van der Waals surface area contributed by atoms with Gasteiger partial charge >= 0.3 is 0 Å². The number of carbonyl (C=O) groups is 1. The molecule has 0 unspecified atom stereocenters. The molecule has 0 radical (unpaired) electrons. The van der Waals surface area contributed by atoms with Crippen molar-refractivity contribution in [2.24, 2.45) is 0 Å². The standard InChI is InChI=1S/C20H19Cl2N5O2S/c21-14-9-15-19(29-12-18(28)24-15)16(10-14)27-5-3-26(4-6-27)7-8-30-20-13(11-23)1-2-17(22)25-20/h1-2,9-10H,3-8,12H2,(H,24,28). The average Bonchev–Trinajstić information content (AvgIpc) is 2.73. The lowest BCUT2D eigenvalue weighted by atomic mass is 10.2. The van der Waals surface area contributed by atoms with Crippen LogP contribution in [0, 0.1) is 11.3 Å². The van der Waals surface area contributed by atoms with E-state index >= 15 is 0 Å². The molecular weight excluding hydrogens is 445 g/mol. The van der Waals surface area contributed by atoms with E-state index in [9.17, 15) is 10.1 Å². The number of halogens is 2. The Kier molecular flexibility index (Phi) is 6.54. The van der Waals surface area contributed by atoms with Crippen molar-refractivity contribution in [2.45, 2.75) is 5.03 Å². The minimum absolute atomic E-state index is 0.0149. The maximum absolute atomic E-state index is 11.6. The Morgan fingerprint density at radius 3 is 2.80 bits per heavy atom. The molecule has 0 bridgehead atoms. The fraction of sp³-hybridized carbons (Fsp3) is 0.350. The quantitative estimate of drug-likeness (QED) is 0.536. The normalized spacial score (nSPS) is 16.4. The minimum atomic E-state index is -0.174. The van der Waals surface area contributed by atoms with E-state index in [4.69, 9.17) is 27.9 Å². The van der Waals surface area contributed by atoms with Gasteiger partial charge in [0.1, 0.15) is 16.2 Å². The molecule has 0 atom stereocenters. The highest BCUT2D eigenvalue weighted by Gasteiger charge is 2.25. The van der Waals surface area contributed by atoms with Gasteiger partial charge in [0.15, 0.2) is 12.4 Å². The Balaban J connectivity index is 1.34. The Morgan fingerprint density at radius 2 is 2.03 bits per heavy atom. The number of nitrogens with zero attached hydrogens (tertiary/aromatic N) is 4. The molecule has 1 fully saturated rings. The van der Waals surface area contributed by atoms with Gasteiger partial charge in [-0.25, -0.2) is 4.98 Å². The van der Waals surface area contributed by atoms with Gasteiger partial charge in [0, 0.05) is 43.5 Å². The number of pyridine rings is 1. The number of anilines is 2. The Labute approximate surface area is 188 Å². The summed E-state index contributed by atoms with van der Waals surface area (Å²) in [5, 5.41) is 13.7. The molecule has 30 heavy (non-hydrogen) atoms. The van der Waals surface area contributed by atoms with Gasteiger partial charge in [-0.05, 0) is 24.3 Å². The van der Waals surface area contributed by atoms with Crippen molar-refractivity contribution in [2.75, 3.05) is 55.3 Å². The predicted octanol–water partition coefficient (Wildman–Crippen LogP) is 3.51. The number of thioether (sulfide) groups is 1. The maximum Gasteiger partial charge on any atom is 0.262 e. The third-order valence-electron chi connectivity index (χ3n) is 4.96. The summed E-state index contributed by atoms with van der Waals surface area (Å²) in [5.74, 6) is 1.33. The molecule has 3 heterocycles. The molecule has 1 aromatic heterocycles. The number of ether oxygens (including phenoxy) is 1. The van der Waals surface area contributed by atoms with Crippen molar-refractivity contribution in [1.82, 2.24) is 9.88 Å². The lowest BCUT2D eigenvalue weighted by Gasteiger charge is -2.37. The number of carbonyl (C=O) groups excluding carboxylic acids is 1. The van der Waals surface area contributed by atoms with E-state index in [1.807, 2.05) is 6.07 Å². The molecule has 156 valence electrons. The summed E-state index contributed by atoms with van der Waals surface area (Å²) >= 11 is 13.8. The van der Waals surface area contributed by atoms with E-state index < -0.39 is 0 Å². The van der Waals surface area contributed by atoms with Crippen LogP contribution >= 0.6 is 35.0 Å². The summed E-state index contributed by atoms with van der Waals surface area (Å²) in [6.07, 6.45) is 0. The van der Waals surface area contributed by atoms with Crippen molar-refractivity contribution in [3.63, 3.8) is 0 Å². The smallest absolute Gasteiger partial charge is 0.262 e. The SMILES string of the molecule is N#Cc1ccc(Cl)nc1SCCN1CCN(c2cc(Cl)cc3c2OCC(=O)N3)CC1. The van der Waals surface area contributed by atoms with Crippen LogP contribution in [0.2, 0.25) is 10.2 Å². The molecule has 10 heteroatoms. The van der Waals surface area contributed by atoms with Gasteiger partial charge in [-0.1, -0.05) is 23.2 Å². The molecule has 2 aliphatic rings. The van der Waals surface area contributed by atoms with Crippen molar-refractivity contribution in [3.05, 3.63) is 40.0 Å². The number of rotatable bonds is 5. The van der Waals surface area contributed by atoms with Crippen molar-refractivity contribution in [1.29, 1.82) is 5.26 Å². The van der Waals surface area contributed by atoms with Crippen LogP contribution in [-0.4, -0.2) is 60.9 Å². The third kappa shape index (κ3) is 4.76. The van der Waals surface area contributed by atoms with E-state index in [2.05, 4.69) is 26.2 Å². The molecule has 1 aromatic carbocycles. The Hall–Kier alpha value is -2.18. The Bertz CT molecular complexity index is 1010. The first kappa shape index (κ1) is 21.1. The van der Waals surface area contributed by atoms with Gasteiger partial charge < -0.3 is 15.0 Å².